The van der Waals surface area contributed by atoms with Gasteiger partial charge in [-0.25, -0.2) is 4.79 Å². The van der Waals surface area contributed by atoms with E-state index in [9.17, 15) is 14.7 Å². The molecule has 1 rings (SSSR count). The lowest BCUT2D eigenvalue weighted by molar-refractivity contribution is -0.132. The summed E-state index contributed by atoms with van der Waals surface area (Å²) < 4.78 is 0. The second kappa shape index (κ2) is 7.02. The van der Waals surface area contributed by atoms with Gasteiger partial charge in [-0.15, -0.1) is 0 Å². The zero-order chi connectivity index (χ0) is 16.0. The fourth-order valence-corrected chi connectivity index (χ4v) is 2.60. The van der Waals surface area contributed by atoms with Crippen molar-refractivity contribution >= 4 is 11.8 Å². The summed E-state index contributed by atoms with van der Waals surface area (Å²) in [5.74, 6) is -0.921. The van der Waals surface area contributed by atoms with Crippen molar-refractivity contribution in [3.8, 4) is 0 Å². The second-order valence-corrected chi connectivity index (χ2v) is 5.59. The monoisotopic (exact) mass is 286 g/mol. The first-order valence-electron chi connectivity index (χ1n) is 6.95. The number of carboxylic acid groups (broad SMARTS) is 1. The summed E-state index contributed by atoms with van der Waals surface area (Å²) in [5, 5.41) is 9.48. The first-order chi connectivity index (χ1) is 9.82. The Labute approximate surface area is 126 Å². The minimum absolute atomic E-state index is 0.0887. The van der Waals surface area contributed by atoms with E-state index in [0.717, 1.165) is 5.57 Å². The highest BCUT2D eigenvalue weighted by atomic mass is 16.4. The Kier molecular flexibility index (Phi) is 5.65. The molecule has 0 bridgehead atoms. The third kappa shape index (κ3) is 3.91. The van der Waals surface area contributed by atoms with E-state index in [-0.39, 0.29) is 11.4 Å². The zero-order valence-electron chi connectivity index (χ0n) is 12.8. The fraction of sp³-hybridized carbons (Fsp3) is 0.333. The first-order valence-corrected chi connectivity index (χ1v) is 6.95. The number of rotatable bonds is 5. The van der Waals surface area contributed by atoms with E-state index in [1.165, 1.54) is 0 Å². The molecule has 0 aromatic heterocycles. The van der Waals surface area contributed by atoms with Gasteiger partial charge in [0, 0.05) is 11.8 Å². The minimum Gasteiger partial charge on any atom is -0.478 e. The number of carbonyl (C=O) groups excluding carboxylic acids is 1. The van der Waals surface area contributed by atoms with Crippen LogP contribution in [0.4, 0.5) is 0 Å². The number of allylic oxidation sites excluding steroid dienone is 7. The summed E-state index contributed by atoms with van der Waals surface area (Å²) in [6, 6.07) is 0. The molecule has 0 saturated heterocycles. The van der Waals surface area contributed by atoms with Crippen LogP contribution in [0, 0.1) is 5.41 Å². The van der Waals surface area contributed by atoms with Gasteiger partial charge >= 0.3 is 5.97 Å². The summed E-state index contributed by atoms with van der Waals surface area (Å²) in [7, 11) is 0. The van der Waals surface area contributed by atoms with Gasteiger partial charge in [0.1, 0.15) is 5.78 Å². The predicted molar refractivity (Wildman–Crippen MR) is 84.9 cm³/mol. The summed E-state index contributed by atoms with van der Waals surface area (Å²) >= 11 is 0. The maximum Gasteiger partial charge on any atom is 0.335 e. The van der Waals surface area contributed by atoms with Crippen molar-refractivity contribution in [2.45, 2.75) is 33.6 Å². The number of Topliss-reactive ketones (excluding diaryl/α,β-unsaturated/α-hetero) is 1. The van der Waals surface area contributed by atoms with Crippen molar-refractivity contribution in [1.82, 2.24) is 0 Å². The Bertz CT molecular complexity index is 569. The molecule has 0 fully saturated rings. The van der Waals surface area contributed by atoms with Crippen molar-refractivity contribution in [3.05, 3.63) is 59.8 Å². The molecule has 0 aromatic carbocycles. The molecule has 0 aliphatic heterocycles. The molecule has 0 aromatic rings. The maximum atomic E-state index is 12.1. The molecule has 1 aliphatic carbocycles. The van der Waals surface area contributed by atoms with Crippen LogP contribution < -0.4 is 0 Å². The number of carboxylic acids is 1. The van der Waals surface area contributed by atoms with Crippen molar-refractivity contribution < 1.29 is 14.7 Å². The highest BCUT2D eigenvalue weighted by Crippen LogP contribution is 2.41. The van der Waals surface area contributed by atoms with Gasteiger partial charge in [0.05, 0.1) is 5.57 Å². The fourth-order valence-electron chi connectivity index (χ4n) is 2.60. The van der Waals surface area contributed by atoms with Crippen LogP contribution in [0.25, 0.3) is 0 Å². The lowest BCUT2D eigenvalue weighted by atomic mass is 9.69. The minimum atomic E-state index is -1.01. The normalized spacial score (nSPS) is 19.6. The number of carbonyl (C=O) groups is 2. The van der Waals surface area contributed by atoms with Gasteiger partial charge in [0.2, 0.25) is 0 Å². The van der Waals surface area contributed by atoms with E-state index in [2.05, 4.69) is 6.58 Å². The quantitative estimate of drug-likeness (QED) is 0.614. The number of aliphatic carboxylic acids is 1. The third-order valence-corrected chi connectivity index (χ3v) is 3.71. The largest absolute Gasteiger partial charge is 0.478 e. The Morgan fingerprint density at radius 1 is 1.19 bits per heavy atom. The molecule has 21 heavy (non-hydrogen) atoms. The molecular weight excluding hydrogens is 264 g/mol. The number of hydrogen-bond donors (Lipinski definition) is 1. The molecule has 0 radical (unpaired) electrons. The molecule has 1 aliphatic rings. The van der Waals surface area contributed by atoms with Crippen LogP contribution in [0.15, 0.2) is 59.8 Å². The molecule has 3 heteroatoms. The Hall–Kier alpha value is -2.16. The molecule has 1 N–H and O–H groups in total. The van der Waals surface area contributed by atoms with Crippen LogP contribution in [0.5, 0.6) is 0 Å². The molecule has 0 unspecified atom stereocenters. The van der Waals surface area contributed by atoms with E-state index in [1.54, 1.807) is 50.3 Å². The van der Waals surface area contributed by atoms with Crippen molar-refractivity contribution in [1.29, 1.82) is 0 Å². The SMILES string of the molecule is C=CC=CC=CC=C(C(=O)O)C1=C(C)CCC(=O)C1(C)C. The van der Waals surface area contributed by atoms with Gasteiger partial charge in [0.25, 0.3) is 0 Å². The van der Waals surface area contributed by atoms with Gasteiger partial charge in [-0.05, 0) is 38.8 Å². The summed E-state index contributed by atoms with van der Waals surface area (Å²) in [6.45, 7) is 9.06. The van der Waals surface area contributed by atoms with Crippen molar-refractivity contribution in [2.75, 3.05) is 0 Å². The summed E-state index contributed by atoms with van der Waals surface area (Å²) in [4.78, 5) is 23.7. The summed E-state index contributed by atoms with van der Waals surface area (Å²) in [6.07, 6.45) is 11.2. The zero-order valence-corrected chi connectivity index (χ0v) is 12.8. The van der Waals surface area contributed by atoms with E-state index in [0.29, 0.717) is 18.4 Å². The van der Waals surface area contributed by atoms with Crippen LogP contribution in [0.1, 0.15) is 33.6 Å². The highest BCUT2D eigenvalue weighted by Gasteiger charge is 2.39. The predicted octanol–water partition coefficient (Wildman–Crippen LogP) is 4.00. The topological polar surface area (TPSA) is 54.4 Å². The van der Waals surface area contributed by atoms with Crippen molar-refractivity contribution in [2.24, 2.45) is 5.41 Å². The van der Waals surface area contributed by atoms with Gasteiger partial charge in [-0.1, -0.05) is 42.5 Å². The highest BCUT2D eigenvalue weighted by molar-refractivity contribution is 5.99. The van der Waals surface area contributed by atoms with Crippen LogP contribution >= 0.6 is 0 Å². The van der Waals surface area contributed by atoms with E-state index >= 15 is 0 Å². The van der Waals surface area contributed by atoms with Crippen LogP contribution in [0.2, 0.25) is 0 Å². The van der Waals surface area contributed by atoms with E-state index < -0.39 is 11.4 Å². The smallest absolute Gasteiger partial charge is 0.335 e. The van der Waals surface area contributed by atoms with Crippen molar-refractivity contribution in [3.63, 3.8) is 0 Å². The third-order valence-electron chi connectivity index (χ3n) is 3.71. The molecule has 112 valence electrons. The van der Waals surface area contributed by atoms with E-state index in [1.807, 2.05) is 6.92 Å². The average Bonchev–Trinajstić information content (AvgIpc) is 2.40. The molecule has 0 amide bonds. The Balaban J connectivity index is 3.27. The van der Waals surface area contributed by atoms with Gasteiger partial charge < -0.3 is 5.11 Å². The lowest BCUT2D eigenvalue weighted by Crippen LogP contribution is -2.33. The summed E-state index contributed by atoms with van der Waals surface area (Å²) in [5.41, 5.74) is 1.05. The molecule has 0 saturated carbocycles. The molecule has 3 nitrogen and oxygen atoms in total. The standard InChI is InChI=1S/C18H22O3/c1-5-6-7-8-9-10-14(17(20)21)16-13(2)11-12-15(19)18(16,3)4/h5-10H,1,11-12H2,2-4H3,(H,20,21). The molecular formula is C18H22O3. The van der Waals surface area contributed by atoms with Gasteiger partial charge in [-0.2, -0.15) is 0 Å². The van der Waals surface area contributed by atoms with Gasteiger partial charge in [-0.3, -0.25) is 4.79 Å². The Morgan fingerprint density at radius 3 is 2.38 bits per heavy atom. The van der Waals surface area contributed by atoms with E-state index in [4.69, 9.17) is 0 Å². The van der Waals surface area contributed by atoms with Crippen LogP contribution in [0.3, 0.4) is 0 Å². The first kappa shape index (κ1) is 16.9. The molecule has 0 heterocycles. The number of hydrogen-bond acceptors (Lipinski definition) is 2. The lowest BCUT2D eigenvalue weighted by Gasteiger charge is -2.33. The number of ketones is 1. The second-order valence-electron chi connectivity index (χ2n) is 5.59. The molecule has 0 atom stereocenters. The van der Waals surface area contributed by atoms with Crippen LogP contribution in [-0.4, -0.2) is 16.9 Å². The van der Waals surface area contributed by atoms with Gasteiger partial charge in [0.15, 0.2) is 0 Å². The maximum absolute atomic E-state index is 12.1. The Morgan fingerprint density at radius 2 is 1.81 bits per heavy atom. The van der Waals surface area contributed by atoms with Crippen LogP contribution in [-0.2, 0) is 9.59 Å². The molecule has 0 spiro atoms. The average molecular weight is 286 g/mol.